The van der Waals surface area contributed by atoms with E-state index in [1.807, 2.05) is 60.7 Å². The molecular weight excluding hydrogens is 462 g/mol. The van der Waals surface area contributed by atoms with Crippen molar-refractivity contribution in [3.8, 4) is 0 Å². The zero-order valence-corrected chi connectivity index (χ0v) is 20.7. The number of aliphatic hydroxyl groups is 1. The Kier molecular flexibility index (Phi) is 6.36. The average molecular weight is 494 g/mol. The predicted octanol–water partition coefficient (Wildman–Crippen LogP) is 2.66. The summed E-state index contributed by atoms with van der Waals surface area (Å²) in [5.41, 5.74) is 1.66. The van der Waals surface area contributed by atoms with Crippen LogP contribution in [0.3, 0.4) is 0 Å². The maximum absolute atomic E-state index is 13.9. The lowest BCUT2D eigenvalue weighted by atomic mass is 9.66. The van der Waals surface area contributed by atoms with Crippen LogP contribution in [0.1, 0.15) is 25.8 Å². The molecule has 8 heteroatoms. The van der Waals surface area contributed by atoms with Crippen molar-refractivity contribution in [3.05, 3.63) is 66.2 Å². The Morgan fingerprint density at radius 2 is 1.77 bits per heavy atom. The minimum atomic E-state index is -0.745. The molecule has 3 fully saturated rings. The van der Waals surface area contributed by atoms with E-state index in [4.69, 9.17) is 0 Å². The molecule has 2 aromatic carbocycles. The van der Waals surface area contributed by atoms with E-state index in [9.17, 15) is 19.5 Å². The maximum atomic E-state index is 13.9. The zero-order chi connectivity index (χ0) is 24.7. The number of hydrogen-bond donors (Lipinski definition) is 3. The molecule has 7 nitrogen and oxygen atoms in total. The van der Waals surface area contributed by atoms with E-state index < -0.39 is 28.7 Å². The molecule has 3 aliphatic heterocycles. The Morgan fingerprint density at radius 1 is 1.11 bits per heavy atom. The van der Waals surface area contributed by atoms with Gasteiger partial charge < -0.3 is 20.6 Å². The highest BCUT2D eigenvalue weighted by atomic mass is 32.2. The van der Waals surface area contributed by atoms with Crippen molar-refractivity contribution >= 4 is 35.2 Å². The fourth-order valence-corrected chi connectivity index (χ4v) is 8.66. The number of carbonyl (C=O) groups excluding carboxylic acids is 3. The molecule has 0 saturated carbocycles. The molecule has 3 heterocycles. The number of anilines is 1. The number of thioether (sulfide) groups is 1. The van der Waals surface area contributed by atoms with E-state index in [1.54, 1.807) is 23.6 Å². The van der Waals surface area contributed by atoms with E-state index in [0.717, 1.165) is 12.0 Å². The molecule has 3 unspecified atom stereocenters. The van der Waals surface area contributed by atoms with Gasteiger partial charge in [0.15, 0.2) is 0 Å². The van der Waals surface area contributed by atoms with Gasteiger partial charge in [-0.15, -0.1) is 11.8 Å². The number of nitrogens with zero attached hydrogens (tertiary/aromatic N) is 1. The number of likely N-dealkylation sites (tertiary alicyclic amines) is 1. The summed E-state index contributed by atoms with van der Waals surface area (Å²) in [6.07, 6.45) is 0.769. The molecule has 3 amide bonds. The average Bonchev–Trinajstić information content (AvgIpc) is 3.47. The van der Waals surface area contributed by atoms with Gasteiger partial charge in [-0.2, -0.15) is 0 Å². The second-order valence-corrected chi connectivity index (χ2v) is 11.4. The van der Waals surface area contributed by atoms with Crippen LogP contribution < -0.4 is 10.6 Å². The number of amides is 3. The molecule has 1 spiro atoms. The first kappa shape index (κ1) is 23.9. The lowest BCUT2D eigenvalue weighted by molar-refractivity contribution is -0.141. The van der Waals surface area contributed by atoms with Gasteiger partial charge in [-0.1, -0.05) is 55.5 Å². The van der Waals surface area contributed by atoms with Crippen LogP contribution in [-0.2, 0) is 20.9 Å². The van der Waals surface area contributed by atoms with Crippen molar-refractivity contribution in [2.45, 2.75) is 48.9 Å². The van der Waals surface area contributed by atoms with Gasteiger partial charge in [-0.25, -0.2) is 0 Å². The SMILES string of the molecule is CC1C[C@H]2SC13C(C(=O)NCc1ccccc1)N([C@H](C)CO)C(=O)[C@@H]3[C@H]2C(=O)Nc1ccccc1. The number of rotatable bonds is 7. The smallest absolute Gasteiger partial charge is 0.244 e. The lowest BCUT2D eigenvalue weighted by Crippen LogP contribution is -2.58. The summed E-state index contributed by atoms with van der Waals surface area (Å²) in [6.45, 7) is 3.95. The second-order valence-electron chi connectivity index (χ2n) is 9.89. The van der Waals surface area contributed by atoms with E-state index in [-0.39, 0.29) is 35.5 Å². The molecule has 3 saturated heterocycles. The van der Waals surface area contributed by atoms with E-state index in [0.29, 0.717) is 12.2 Å². The Labute approximate surface area is 209 Å². The van der Waals surface area contributed by atoms with Crippen LogP contribution in [-0.4, -0.2) is 56.4 Å². The van der Waals surface area contributed by atoms with Crippen LogP contribution in [0.2, 0.25) is 0 Å². The standard InChI is InChI=1S/C27H31N3O4S/c1-16-13-20-21(24(32)29-19-11-7-4-8-12-19)22-26(34)30(17(2)15-31)23(27(16,22)35-20)25(33)28-14-18-9-5-3-6-10-18/h3-12,16-17,20-23,31H,13-15H2,1-2H3,(H,28,33)(H,29,32)/t16?,17-,20-,21+,22+,23?,27?/m1/s1. The largest absolute Gasteiger partial charge is 0.394 e. The number of fused-ring (bicyclic) bond motifs is 1. The summed E-state index contributed by atoms with van der Waals surface area (Å²) < 4.78 is -0.704. The predicted molar refractivity (Wildman–Crippen MR) is 135 cm³/mol. The molecular formula is C27H31N3O4S. The molecule has 0 aliphatic carbocycles. The summed E-state index contributed by atoms with van der Waals surface area (Å²) >= 11 is 1.63. The minimum Gasteiger partial charge on any atom is -0.394 e. The van der Waals surface area contributed by atoms with Gasteiger partial charge in [0.25, 0.3) is 0 Å². The first-order chi connectivity index (χ1) is 16.9. The third kappa shape index (κ3) is 3.83. The van der Waals surface area contributed by atoms with Crippen molar-refractivity contribution in [1.29, 1.82) is 0 Å². The molecule has 5 rings (SSSR count). The Balaban J connectivity index is 1.47. The first-order valence-electron chi connectivity index (χ1n) is 12.2. The summed E-state index contributed by atoms with van der Waals surface area (Å²) in [5, 5.41) is 16.0. The van der Waals surface area contributed by atoms with Crippen LogP contribution in [0.25, 0.3) is 0 Å². The topological polar surface area (TPSA) is 98.7 Å². The molecule has 35 heavy (non-hydrogen) atoms. The summed E-state index contributed by atoms with van der Waals surface area (Å²) in [5.74, 6) is -1.66. The van der Waals surface area contributed by atoms with E-state index in [1.165, 1.54) is 0 Å². The van der Waals surface area contributed by atoms with Crippen LogP contribution in [0.5, 0.6) is 0 Å². The number of nitrogens with one attached hydrogen (secondary N) is 2. The first-order valence-corrected chi connectivity index (χ1v) is 13.0. The minimum absolute atomic E-state index is 0.0290. The van der Waals surface area contributed by atoms with E-state index >= 15 is 0 Å². The van der Waals surface area contributed by atoms with Crippen LogP contribution in [0.4, 0.5) is 5.69 Å². The highest BCUT2D eigenvalue weighted by molar-refractivity contribution is 8.02. The van der Waals surface area contributed by atoms with Crippen molar-refractivity contribution < 1.29 is 19.5 Å². The fraction of sp³-hybridized carbons (Fsp3) is 0.444. The number of aliphatic hydroxyl groups excluding tert-OH is 1. The van der Waals surface area contributed by atoms with Crippen molar-refractivity contribution in [2.24, 2.45) is 17.8 Å². The molecule has 7 atom stereocenters. The number of para-hydroxylation sites is 1. The summed E-state index contributed by atoms with van der Waals surface area (Å²) in [6, 6.07) is 17.6. The summed E-state index contributed by atoms with van der Waals surface area (Å²) in [7, 11) is 0. The monoisotopic (exact) mass is 493 g/mol. The van der Waals surface area contributed by atoms with E-state index in [2.05, 4.69) is 17.6 Å². The molecule has 2 aromatic rings. The molecule has 0 radical (unpaired) electrons. The van der Waals surface area contributed by atoms with Gasteiger partial charge >= 0.3 is 0 Å². The lowest BCUT2D eigenvalue weighted by Gasteiger charge is -2.39. The number of hydrogen-bond acceptors (Lipinski definition) is 5. The summed E-state index contributed by atoms with van der Waals surface area (Å²) in [4.78, 5) is 42.7. The van der Waals surface area contributed by atoms with Crippen LogP contribution in [0.15, 0.2) is 60.7 Å². The zero-order valence-electron chi connectivity index (χ0n) is 19.9. The highest BCUT2D eigenvalue weighted by Crippen LogP contribution is 2.68. The molecule has 3 aliphatic rings. The van der Waals surface area contributed by atoms with Gasteiger partial charge in [0.2, 0.25) is 17.7 Å². The third-order valence-electron chi connectivity index (χ3n) is 7.82. The fourth-order valence-electron chi connectivity index (χ4n) is 6.25. The Hall–Kier alpha value is -2.84. The van der Waals surface area contributed by atoms with Gasteiger partial charge in [-0.3, -0.25) is 14.4 Å². The van der Waals surface area contributed by atoms with Crippen molar-refractivity contribution in [2.75, 3.05) is 11.9 Å². The normalized spacial score (nSPS) is 31.8. The molecule has 0 aromatic heterocycles. The van der Waals surface area contributed by atoms with Crippen molar-refractivity contribution in [1.82, 2.24) is 10.2 Å². The highest BCUT2D eigenvalue weighted by Gasteiger charge is 2.76. The maximum Gasteiger partial charge on any atom is 0.244 e. The molecule has 3 N–H and O–H groups in total. The van der Waals surface area contributed by atoms with Gasteiger partial charge in [0.05, 0.1) is 29.2 Å². The number of benzene rings is 2. The number of carbonyl (C=O) groups is 3. The van der Waals surface area contributed by atoms with Crippen LogP contribution >= 0.6 is 11.8 Å². The third-order valence-corrected chi connectivity index (χ3v) is 9.90. The molecule has 184 valence electrons. The van der Waals surface area contributed by atoms with Crippen molar-refractivity contribution in [3.63, 3.8) is 0 Å². The van der Waals surface area contributed by atoms with Crippen LogP contribution in [0, 0.1) is 17.8 Å². The second kappa shape index (κ2) is 9.32. The molecule has 2 bridgehead atoms. The Morgan fingerprint density at radius 3 is 2.43 bits per heavy atom. The van der Waals surface area contributed by atoms with Gasteiger partial charge in [-0.05, 0) is 37.0 Å². The van der Waals surface area contributed by atoms with Gasteiger partial charge in [0, 0.05) is 17.5 Å². The Bertz CT molecular complexity index is 1110. The quantitative estimate of drug-likeness (QED) is 0.551. The van der Waals surface area contributed by atoms with Gasteiger partial charge in [0.1, 0.15) is 6.04 Å².